The number of benzene rings is 1. The number of fused-ring (bicyclic) bond motifs is 1. The zero-order chi connectivity index (χ0) is 15.0. The van der Waals surface area contributed by atoms with E-state index in [9.17, 15) is 9.18 Å². The molecule has 0 radical (unpaired) electrons. The summed E-state index contributed by atoms with van der Waals surface area (Å²) in [7, 11) is 1.88. The molecule has 0 saturated heterocycles. The molecule has 6 heteroatoms. The maximum absolute atomic E-state index is 13.4. The number of nitrogens with two attached hydrogens (primary N) is 1. The fraction of sp³-hybridized carbons (Fsp3) is 0.267. The number of anilines is 2. The van der Waals surface area contributed by atoms with Crippen LogP contribution < -0.4 is 15.5 Å². The highest BCUT2D eigenvalue weighted by atomic mass is 19.1. The van der Waals surface area contributed by atoms with E-state index in [0.29, 0.717) is 35.8 Å². The maximum atomic E-state index is 13.4. The first-order valence-electron chi connectivity index (χ1n) is 6.70. The molecule has 1 aliphatic rings. The van der Waals surface area contributed by atoms with E-state index >= 15 is 0 Å². The van der Waals surface area contributed by atoms with Crippen molar-refractivity contribution in [3.63, 3.8) is 0 Å². The van der Waals surface area contributed by atoms with Gasteiger partial charge in [0.1, 0.15) is 17.8 Å². The molecule has 110 valence electrons. The lowest BCUT2D eigenvalue weighted by Crippen LogP contribution is -2.42. The van der Waals surface area contributed by atoms with Crippen LogP contribution in [0.2, 0.25) is 0 Å². The van der Waals surface area contributed by atoms with Crippen molar-refractivity contribution in [2.75, 3.05) is 29.9 Å². The van der Waals surface area contributed by atoms with Gasteiger partial charge in [-0.3, -0.25) is 4.79 Å². The molecule has 0 aliphatic carbocycles. The second-order valence-electron chi connectivity index (χ2n) is 5.02. The third kappa shape index (κ3) is 2.38. The second kappa shape index (κ2) is 5.21. The molecule has 0 fully saturated rings. The zero-order valence-electron chi connectivity index (χ0n) is 11.7. The van der Waals surface area contributed by atoms with Gasteiger partial charge in [-0.1, -0.05) is 0 Å². The van der Waals surface area contributed by atoms with Gasteiger partial charge in [0.2, 0.25) is 0 Å². The fourth-order valence-corrected chi connectivity index (χ4v) is 2.49. The largest absolute Gasteiger partial charge is 0.467 e. The van der Waals surface area contributed by atoms with Gasteiger partial charge in [-0.15, -0.1) is 0 Å². The highest BCUT2D eigenvalue weighted by Crippen LogP contribution is 2.33. The molecular weight excluding hydrogens is 273 g/mol. The number of halogens is 1. The molecule has 0 unspecified atom stereocenters. The van der Waals surface area contributed by atoms with E-state index < -0.39 is 0 Å². The lowest BCUT2D eigenvalue weighted by atomic mass is 10.1. The maximum Gasteiger partial charge on any atom is 0.261 e. The van der Waals surface area contributed by atoms with Crippen LogP contribution in [0.15, 0.2) is 34.9 Å². The molecule has 1 aromatic heterocycles. The van der Waals surface area contributed by atoms with Crippen LogP contribution in [-0.4, -0.2) is 26.0 Å². The number of amides is 1. The van der Waals surface area contributed by atoms with Crippen LogP contribution >= 0.6 is 0 Å². The number of carbonyl (C=O) groups is 1. The molecule has 5 nitrogen and oxygen atoms in total. The van der Waals surface area contributed by atoms with Crippen LogP contribution in [0.3, 0.4) is 0 Å². The van der Waals surface area contributed by atoms with Crippen molar-refractivity contribution in [3.8, 4) is 0 Å². The van der Waals surface area contributed by atoms with Crippen LogP contribution in [0.4, 0.5) is 15.8 Å². The topological polar surface area (TPSA) is 62.7 Å². The fourth-order valence-electron chi connectivity index (χ4n) is 2.49. The van der Waals surface area contributed by atoms with Gasteiger partial charge in [-0.25, -0.2) is 4.39 Å². The molecule has 2 aromatic rings. The van der Waals surface area contributed by atoms with E-state index in [2.05, 4.69) is 0 Å². The zero-order valence-corrected chi connectivity index (χ0v) is 11.7. The predicted octanol–water partition coefficient (Wildman–Crippen LogP) is 1.97. The van der Waals surface area contributed by atoms with Crippen molar-refractivity contribution in [1.82, 2.24) is 0 Å². The summed E-state index contributed by atoms with van der Waals surface area (Å²) in [4.78, 5) is 16.2. The molecule has 1 amide bonds. The van der Waals surface area contributed by atoms with Crippen molar-refractivity contribution in [2.24, 2.45) is 5.73 Å². The Morgan fingerprint density at radius 1 is 1.33 bits per heavy atom. The van der Waals surface area contributed by atoms with Gasteiger partial charge in [0.05, 0.1) is 23.5 Å². The SMILES string of the molecule is CN1CCN(C(=O)c2coc(CN)c2)c2ccc(F)cc21. The van der Waals surface area contributed by atoms with E-state index in [0.717, 1.165) is 0 Å². The molecule has 3 rings (SSSR count). The molecule has 1 aromatic carbocycles. The summed E-state index contributed by atoms with van der Waals surface area (Å²) in [6, 6.07) is 6.07. The Labute approximate surface area is 121 Å². The van der Waals surface area contributed by atoms with Gasteiger partial charge in [-0.2, -0.15) is 0 Å². The van der Waals surface area contributed by atoms with Gasteiger partial charge in [0, 0.05) is 20.1 Å². The molecular formula is C15H16FN3O2. The van der Waals surface area contributed by atoms with Gasteiger partial charge in [-0.05, 0) is 24.3 Å². The summed E-state index contributed by atoms with van der Waals surface area (Å²) in [6.07, 6.45) is 1.41. The number of carbonyl (C=O) groups excluding carboxylic acids is 1. The minimum atomic E-state index is -0.316. The van der Waals surface area contributed by atoms with Crippen molar-refractivity contribution in [1.29, 1.82) is 0 Å². The first-order chi connectivity index (χ1) is 10.1. The number of furan rings is 1. The normalized spacial score (nSPS) is 14.2. The van der Waals surface area contributed by atoms with Crippen molar-refractivity contribution in [2.45, 2.75) is 6.54 Å². The van der Waals surface area contributed by atoms with E-state index in [4.69, 9.17) is 10.2 Å². The molecule has 21 heavy (non-hydrogen) atoms. The molecule has 1 aliphatic heterocycles. The second-order valence-corrected chi connectivity index (χ2v) is 5.02. The first-order valence-corrected chi connectivity index (χ1v) is 6.70. The Kier molecular flexibility index (Phi) is 3.39. The monoisotopic (exact) mass is 289 g/mol. The summed E-state index contributed by atoms with van der Waals surface area (Å²) in [5, 5.41) is 0. The number of rotatable bonds is 2. The Bertz CT molecular complexity index is 683. The van der Waals surface area contributed by atoms with E-state index in [1.165, 1.54) is 18.4 Å². The molecule has 0 spiro atoms. The van der Waals surface area contributed by atoms with Gasteiger partial charge in [0.25, 0.3) is 5.91 Å². The number of hydrogen-bond acceptors (Lipinski definition) is 4. The molecule has 2 heterocycles. The predicted molar refractivity (Wildman–Crippen MR) is 77.9 cm³/mol. The third-order valence-corrected chi connectivity index (χ3v) is 3.65. The van der Waals surface area contributed by atoms with E-state index in [1.807, 2.05) is 11.9 Å². The average Bonchev–Trinajstić information content (AvgIpc) is 2.96. The summed E-state index contributed by atoms with van der Waals surface area (Å²) >= 11 is 0. The Morgan fingerprint density at radius 3 is 2.86 bits per heavy atom. The van der Waals surface area contributed by atoms with Crippen LogP contribution in [-0.2, 0) is 6.54 Å². The van der Waals surface area contributed by atoms with Crippen LogP contribution in [0.1, 0.15) is 16.1 Å². The van der Waals surface area contributed by atoms with E-state index in [1.54, 1.807) is 17.0 Å². The van der Waals surface area contributed by atoms with E-state index in [-0.39, 0.29) is 18.3 Å². The van der Waals surface area contributed by atoms with Gasteiger partial charge < -0.3 is 20.0 Å². The van der Waals surface area contributed by atoms with Crippen LogP contribution in [0.25, 0.3) is 0 Å². The lowest BCUT2D eigenvalue weighted by Gasteiger charge is -2.35. The van der Waals surface area contributed by atoms with Crippen LogP contribution in [0.5, 0.6) is 0 Å². The molecule has 0 atom stereocenters. The first kappa shape index (κ1) is 13.6. The Hall–Kier alpha value is -2.34. The van der Waals surface area contributed by atoms with Crippen LogP contribution in [0, 0.1) is 5.82 Å². The summed E-state index contributed by atoms with van der Waals surface area (Å²) in [5.41, 5.74) is 7.35. The van der Waals surface area contributed by atoms with Gasteiger partial charge in [0.15, 0.2) is 0 Å². The number of hydrogen-bond donors (Lipinski definition) is 1. The molecule has 0 bridgehead atoms. The third-order valence-electron chi connectivity index (χ3n) is 3.65. The minimum absolute atomic E-state index is 0.167. The lowest BCUT2D eigenvalue weighted by molar-refractivity contribution is 0.0986. The van der Waals surface area contributed by atoms with Crippen molar-refractivity contribution < 1.29 is 13.6 Å². The summed E-state index contributed by atoms with van der Waals surface area (Å²) in [6.45, 7) is 1.43. The highest BCUT2D eigenvalue weighted by Gasteiger charge is 2.27. The average molecular weight is 289 g/mol. The Balaban J connectivity index is 1.97. The van der Waals surface area contributed by atoms with Crippen molar-refractivity contribution in [3.05, 3.63) is 47.7 Å². The van der Waals surface area contributed by atoms with Gasteiger partial charge >= 0.3 is 0 Å². The minimum Gasteiger partial charge on any atom is -0.467 e. The number of likely N-dealkylation sites (N-methyl/N-ethyl adjacent to an activating group) is 1. The van der Waals surface area contributed by atoms with Crippen molar-refractivity contribution >= 4 is 17.3 Å². The summed E-state index contributed by atoms with van der Waals surface area (Å²) in [5.74, 6) is 0.0786. The molecule has 0 saturated carbocycles. The quantitative estimate of drug-likeness (QED) is 0.918. The highest BCUT2D eigenvalue weighted by molar-refractivity contribution is 6.08. The number of nitrogens with zero attached hydrogens (tertiary/aromatic N) is 2. The standard InChI is InChI=1S/C15H16FN3O2/c1-18-4-5-19(13-3-2-11(16)7-14(13)18)15(20)10-6-12(8-17)21-9-10/h2-3,6-7,9H,4-5,8,17H2,1H3. The summed E-state index contributed by atoms with van der Waals surface area (Å²) < 4.78 is 18.6. The Morgan fingerprint density at radius 2 is 2.14 bits per heavy atom. The smallest absolute Gasteiger partial charge is 0.261 e. The molecule has 2 N–H and O–H groups in total.